The quantitative estimate of drug-likeness (QED) is 0.0549. The third-order valence-corrected chi connectivity index (χ3v) is 4.03. The molecule has 0 aromatic heterocycles. The van der Waals surface area contributed by atoms with Gasteiger partial charge in [0.05, 0.1) is 26.1 Å². The van der Waals surface area contributed by atoms with Crippen LogP contribution in [0.5, 0.6) is 0 Å². The lowest BCUT2D eigenvalue weighted by atomic mass is 10.1. The van der Waals surface area contributed by atoms with Gasteiger partial charge >= 0.3 is 11.9 Å². The van der Waals surface area contributed by atoms with E-state index in [2.05, 4.69) is 20.9 Å². The van der Waals surface area contributed by atoms with Gasteiger partial charge in [-0.1, -0.05) is 0 Å². The van der Waals surface area contributed by atoms with E-state index in [0.29, 0.717) is 0 Å². The Bertz CT molecular complexity index is 785. The van der Waals surface area contributed by atoms with Gasteiger partial charge in [0.15, 0.2) is 5.96 Å². The number of carboxylic acids is 2. The number of carboxylic acid groups (broad SMARTS) is 2. The van der Waals surface area contributed by atoms with E-state index in [0.717, 1.165) is 0 Å². The van der Waals surface area contributed by atoms with Crippen LogP contribution in [0.15, 0.2) is 4.99 Å². The highest BCUT2D eigenvalue weighted by molar-refractivity contribution is 5.95. The summed E-state index contributed by atoms with van der Waals surface area (Å²) >= 11 is 0. The number of hydrogen-bond acceptors (Lipinski definition) is 9. The number of aliphatic hydroxyl groups excluding tert-OH is 1. The highest BCUT2D eigenvalue weighted by atomic mass is 16.4. The van der Waals surface area contributed by atoms with Gasteiger partial charge in [0.1, 0.15) is 18.1 Å². The van der Waals surface area contributed by atoms with Crippen LogP contribution in [0.25, 0.3) is 0 Å². The van der Waals surface area contributed by atoms with Crippen LogP contribution in [-0.2, 0) is 28.8 Å². The summed E-state index contributed by atoms with van der Waals surface area (Å²) in [5.41, 5.74) is 15.6. The Morgan fingerprint density at radius 2 is 1.47 bits per heavy atom. The van der Waals surface area contributed by atoms with E-state index in [1.165, 1.54) is 0 Å². The lowest BCUT2D eigenvalue weighted by molar-refractivity contribution is -0.143. The van der Waals surface area contributed by atoms with E-state index in [1.54, 1.807) is 0 Å². The van der Waals surface area contributed by atoms with Crippen LogP contribution in [0, 0.1) is 0 Å². The van der Waals surface area contributed by atoms with Gasteiger partial charge in [-0.15, -0.1) is 0 Å². The molecule has 34 heavy (non-hydrogen) atoms. The summed E-state index contributed by atoms with van der Waals surface area (Å²) in [7, 11) is 0. The van der Waals surface area contributed by atoms with E-state index in [1.807, 2.05) is 5.32 Å². The second-order valence-electron chi connectivity index (χ2n) is 6.79. The van der Waals surface area contributed by atoms with Crippen molar-refractivity contribution < 1.29 is 44.1 Å². The molecule has 13 N–H and O–H groups in total. The second kappa shape index (κ2) is 15.8. The van der Waals surface area contributed by atoms with Gasteiger partial charge in [0, 0.05) is 6.54 Å². The molecule has 0 aliphatic rings. The maximum Gasteiger partial charge on any atom is 0.328 e. The van der Waals surface area contributed by atoms with Gasteiger partial charge in [-0.3, -0.25) is 29.0 Å². The molecule has 17 heteroatoms. The molecule has 0 spiro atoms. The van der Waals surface area contributed by atoms with E-state index in [4.69, 9.17) is 32.5 Å². The van der Waals surface area contributed by atoms with Gasteiger partial charge < -0.3 is 53.8 Å². The van der Waals surface area contributed by atoms with Crippen molar-refractivity contribution in [2.75, 3.05) is 26.2 Å². The van der Waals surface area contributed by atoms with E-state index in [-0.39, 0.29) is 25.3 Å². The number of guanidine groups is 1. The summed E-state index contributed by atoms with van der Waals surface area (Å²) in [6.45, 7) is -1.97. The maximum atomic E-state index is 12.6. The average molecular weight is 490 g/mol. The number of aliphatic hydroxyl groups is 1. The largest absolute Gasteiger partial charge is 0.481 e. The van der Waals surface area contributed by atoms with E-state index in [9.17, 15) is 28.8 Å². The van der Waals surface area contributed by atoms with Crippen LogP contribution < -0.4 is 38.5 Å². The number of rotatable bonds is 16. The molecule has 0 aliphatic carbocycles. The summed E-state index contributed by atoms with van der Waals surface area (Å²) < 4.78 is 0. The Balaban J connectivity index is 5.19. The minimum atomic E-state index is -1.64. The standard InChI is InChI=1S/C17H30N8O9/c18-5-11(27)23-8(2-1-3-21-17(19)20)15(32)25-9(4-13(29)30)14(31)22-6-12(28)24-10(7-26)16(33)34/h8-10,26H,1-7,18H2,(H,22,31)(H,23,27)(H,24,28)(H,25,32)(H,29,30)(H,33,34)(H4,19,20,21)/t8-,9-,10+/m0/s1. The number of carbonyl (C=O) groups excluding carboxylic acids is 4. The van der Waals surface area contributed by atoms with Crippen molar-refractivity contribution in [3.63, 3.8) is 0 Å². The fourth-order valence-corrected chi connectivity index (χ4v) is 2.40. The number of aliphatic imine (C=N–C) groups is 1. The first kappa shape index (κ1) is 30.0. The van der Waals surface area contributed by atoms with Crippen molar-refractivity contribution in [3.05, 3.63) is 0 Å². The second-order valence-corrected chi connectivity index (χ2v) is 6.79. The van der Waals surface area contributed by atoms with Gasteiger partial charge in [0.25, 0.3) is 0 Å². The molecule has 0 aromatic carbocycles. The van der Waals surface area contributed by atoms with Crippen LogP contribution >= 0.6 is 0 Å². The summed E-state index contributed by atoms with van der Waals surface area (Å²) in [5, 5.41) is 35.2. The third-order valence-electron chi connectivity index (χ3n) is 4.03. The predicted molar refractivity (Wildman–Crippen MR) is 115 cm³/mol. The summed E-state index contributed by atoms with van der Waals surface area (Å²) in [6, 6.07) is -4.44. The fourth-order valence-electron chi connectivity index (χ4n) is 2.40. The van der Waals surface area contributed by atoms with Gasteiger partial charge in [-0.2, -0.15) is 0 Å². The molecule has 0 fully saturated rings. The lowest BCUT2D eigenvalue weighted by Crippen LogP contribution is -2.56. The first-order chi connectivity index (χ1) is 15.9. The van der Waals surface area contributed by atoms with Crippen molar-refractivity contribution in [2.24, 2.45) is 22.2 Å². The maximum absolute atomic E-state index is 12.6. The molecule has 192 valence electrons. The molecule has 0 aromatic rings. The number of hydrogen-bond donors (Lipinski definition) is 10. The molecule has 3 atom stereocenters. The highest BCUT2D eigenvalue weighted by Gasteiger charge is 2.28. The molecular formula is C17H30N8O9. The monoisotopic (exact) mass is 490 g/mol. The number of aliphatic carboxylic acids is 2. The van der Waals surface area contributed by atoms with Crippen molar-refractivity contribution in [1.82, 2.24) is 21.3 Å². The lowest BCUT2D eigenvalue weighted by Gasteiger charge is -2.22. The zero-order chi connectivity index (χ0) is 26.3. The van der Waals surface area contributed by atoms with Crippen LogP contribution in [0.4, 0.5) is 0 Å². The van der Waals surface area contributed by atoms with Crippen molar-refractivity contribution in [3.8, 4) is 0 Å². The molecule has 0 radical (unpaired) electrons. The van der Waals surface area contributed by atoms with Crippen molar-refractivity contribution >= 4 is 41.5 Å². The van der Waals surface area contributed by atoms with Gasteiger partial charge in [-0.05, 0) is 12.8 Å². The minimum Gasteiger partial charge on any atom is -0.481 e. The van der Waals surface area contributed by atoms with Crippen LogP contribution in [0.1, 0.15) is 19.3 Å². The molecule has 0 heterocycles. The smallest absolute Gasteiger partial charge is 0.328 e. The normalized spacial score (nSPS) is 12.9. The topological polar surface area (TPSA) is 302 Å². The summed E-state index contributed by atoms with van der Waals surface area (Å²) in [4.78, 5) is 74.1. The fraction of sp³-hybridized carbons (Fsp3) is 0.588. The number of nitrogens with one attached hydrogen (secondary N) is 4. The number of nitrogens with two attached hydrogens (primary N) is 3. The molecule has 0 saturated heterocycles. The first-order valence-corrected chi connectivity index (χ1v) is 9.88. The molecule has 17 nitrogen and oxygen atoms in total. The summed E-state index contributed by atoms with van der Waals surface area (Å²) in [5.74, 6) is -6.77. The SMILES string of the molecule is NCC(=O)N[C@@H](CCCN=C(N)N)C(=O)N[C@@H](CC(=O)O)C(=O)NCC(=O)N[C@H](CO)C(=O)O. The Morgan fingerprint density at radius 3 is 1.97 bits per heavy atom. The van der Waals surface area contributed by atoms with Crippen LogP contribution in [0.2, 0.25) is 0 Å². The van der Waals surface area contributed by atoms with Crippen molar-refractivity contribution in [1.29, 1.82) is 0 Å². The van der Waals surface area contributed by atoms with Gasteiger partial charge in [0.2, 0.25) is 23.6 Å². The Hall–Kier alpha value is -3.99. The third kappa shape index (κ3) is 12.8. The number of amides is 4. The van der Waals surface area contributed by atoms with E-state index < -0.39 is 79.8 Å². The average Bonchev–Trinajstić information content (AvgIpc) is 2.76. The molecule has 4 amide bonds. The zero-order valence-corrected chi connectivity index (χ0v) is 18.2. The highest BCUT2D eigenvalue weighted by Crippen LogP contribution is 2.02. The predicted octanol–water partition coefficient (Wildman–Crippen LogP) is -5.88. The Labute approximate surface area is 193 Å². The van der Waals surface area contributed by atoms with Gasteiger partial charge in [-0.25, -0.2) is 4.79 Å². The molecule has 0 saturated carbocycles. The van der Waals surface area contributed by atoms with Crippen LogP contribution in [0.3, 0.4) is 0 Å². The molecule has 0 aliphatic heterocycles. The minimum absolute atomic E-state index is 0.0237. The van der Waals surface area contributed by atoms with Crippen LogP contribution in [-0.4, -0.2) is 101 Å². The molecule has 0 rings (SSSR count). The first-order valence-electron chi connectivity index (χ1n) is 9.88. The number of carbonyl (C=O) groups is 6. The Kier molecular flexibility index (Phi) is 13.9. The molecule has 0 bridgehead atoms. The molecular weight excluding hydrogens is 460 g/mol. The Morgan fingerprint density at radius 1 is 0.853 bits per heavy atom. The number of nitrogens with zero attached hydrogens (tertiary/aromatic N) is 1. The van der Waals surface area contributed by atoms with E-state index >= 15 is 0 Å². The van der Waals surface area contributed by atoms with Crippen molar-refractivity contribution in [2.45, 2.75) is 37.4 Å². The zero-order valence-electron chi connectivity index (χ0n) is 18.2. The molecule has 0 unspecified atom stereocenters. The summed E-state index contributed by atoms with van der Waals surface area (Å²) in [6.07, 6.45) is -0.596.